The molecule has 21 atom stereocenters. The predicted molar refractivity (Wildman–Crippen MR) is 203 cm³/mol. The Kier molecular flexibility index (Phi) is 10.6. The Balaban J connectivity index is 1.09. The van der Waals surface area contributed by atoms with E-state index in [-0.39, 0.29) is 46.9 Å². The molecule has 3 aliphatic heterocycles. The highest BCUT2D eigenvalue weighted by molar-refractivity contribution is 5.96. The molecule has 7 fully saturated rings. The van der Waals surface area contributed by atoms with E-state index < -0.39 is 114 Å². The van der Waals surface area contributed by atoms with Crippen molar-refractivity contribution < 1.29 is 83.3 Å². The lowest BCUT2D eigenvalue weighted by Gasteiger charge is -2.70. The number of methoxy groups -OCH3 is 1. The molecule has 5 aliphatic carbocycles. The Labute approximate surface area is 348 Å². The van der Waals surface area contributed by atoms with Crippen LogP contribution in [0, 0.1) is 50.2 Å². The number of esters is 2. The average molecular weight is 851 g/mol. The quantitative estimate of drug-likeness (QED) is 0.138. The van der Waals surface area contributed by atoms with E-state index in [2.05, 4.69) is 32.4 Å². The summed E-state index contributed by atoms with van der Waals surface area (Å²) in [6, 6.07) is 0. The fourth-order valence-corrected chi connectivity index (χ4v) is 14.0. The summed E-state index contributed by atoms with van der Waals surface area (Å²) in [5.74, 6) is -3.55. The van der Waals surface area contributed by atoms with Gasteiger partial charge in [0.05, 0.1) is 25.2 Å². The third-order valence-electron chi connectivity index (χ3n) is 17.8. The molecule has 3 saturated heterocycles. The number of carboxylic acid groups (broad SMARTS) is 1. The number of aliphatic carboxylic acids is 1. The van der Waals surface area contributed by atoms with Gasteiger partial charge in [-0.15, -0.1) is 0 Å². The van der Waals surface area contributed by atoms with Crippen LogP contribution >= 0.6 is 0 Å². The highest BCUT2D eigenvalue weighted by atomic mass is 16.8. The van der Waals surface area contributed by atoms with Crippen molar-refractivity contribution in [2.45, 2.75) is 167 Å². The van der Waals surface area contributed by atoms with E-state index >= 15 is 0 Å². The molecule has 0 aromatic rings. The molecule has 60 heavy (non-hydrogen) atoms. The first kappa shape index (κ1) is 44.0. The van der Waals surface area contributed by atoms with Crippen LogP contribution in [0.3, 0.4) is 0 Å². The van der Waals surface area contributed by atoms with E-state index in [4.69, 9.17) is 23.7 Å². The number of allylic oxidation sites excluding steroid dienone is 2. The van der Waals surface area contributed by atoms with Crippen molar-refractivity contribution in [3.63, 3.8) is 0 Å². The summed E-state index contributed by atoms with van der Waals surface area (Å²) in [7, 11) is 1.01. The van der Waals surface area contributed by atoms with Gasteiger partial charge < -0.3 is 64.2 Å². The van der Waals surface area contributed by atoms with Crippen molar-refractivity contribution in [3.8, 4) is 0 Å². The normalized spacial score (nSPS) is 54.7. The molecular weight excluding hydrogens is 788 g/mol. The summed E-state index contributed by atoms with van der Waals surface area (Å²) in [6.07, 6.45) is -13.5. The van der Waals surface area contributed by atoms with Gasteiger partial charge in [-0.3, -0.25) is 9.59 Å². The number of hydrogen-bond acceptors (Lipinski definition) is 16. The summed E-state index contributed by atoms with van der Waals surface area (Å²) < 4.78 is 34.3. The molecule has 0 amide bonds. The summed E-state index contributed by atoms with van der Waals surface area (Å²) in [5, 5.41) is 75.3. The number of carbonyl (C=O) groups is 4. The molecule has 17 heteroatoms. The zero-order chi connectivity index (χ0) is 43.9. The number of fused-ring (bicyclic) bond motifs is 10. The smallest absolute Gasteiger partial charge is 0.337 e. The number of hydrogen-bond donors (Lipinski definition) is 7. The summed E-state index contributed by atoms with van der Waals surface area (Å²) in [4.78, 5) is 52.7. The molecular formula is C43H62O17. The maximum absolute atomic E-state index is 14.9. The number of carbonyl (C=O) groups excluding carboxylic acids is 3. The van der Waals surface area contributed by atoms with Gasteiger partial charge in [-0.05, 0) is 86.0 Å². The lowest BCUT2D eigenvalue weighted by Crippen LogP contribution is -2.69. The fraction of sp³-hybridized carbons (Fsp3) is 0.860. The Bertz CT molecular complexity index is 1820. The van der Waals surface area contributed by atoms with Gasteiger partial charge in [0.15, 0.2) is 30.6 Å². The zero-order valence-corrected chi connectivity index (χ0v) is 35.3. The summed E-state index contributed by atoms with van der Waals surface area (Å²) in [5.41, 5.74) is -2.26. The van der Waals surface area contributed by atoms with E-state index in [1.54, 1.807) is 0 Å². The van der Waals surface area contributed by atoms with Gasteiger partial charge in [0, 0.05) is 23.2 Å². The lowest BCUT2D eigenvalue weighted by atomic mass is 9.33. The maximum Gasteiger partial charge on any atom is 0.337 e. The number of aliphatic hydroxyl groups excluding tert-OH is 6. The van der Waals surface area contributed by atoms with Crippen molar-refractivity contribution in [1.82, 2.24) is 0 Å². The Hall–Kier alpha value is -2.58. The molecule has 0 aromatic carbocycles. The summed E-state index contributed by atoms with van der Waals surface area (Å²) in [6.45, 7) is 12.3. The van der Waals surface area contributed by atoms with Crippen molar-refractivity contribution >= 4 is 23.7 Å². The van der Waals surface area contributed by atoms with Gasteiger partial charge in [-0.1, -0.05) is 40.2 Å². The van der Waals surface area contributed by atoms with Crippen LogP contribution in [0.15, 0.2) is 11.6 Å². The van der Waals surface area contributed by atoms with Crippen LogP contribution in [0.25, 0.3) is 0 Å². The van der Waals surface area contributed by atoms with Crippen LogP contribution in [0.4, 0.5) is 0 Å². The van der Waals surface area contributed by atoms with Gasteiger partial charge in [-0.2, -0.15) is 0 Å². The second kappa shape index (κ2) is 14.5. The van der Waals surface area contributed by atoms with Gasteiger partial charge in [0.25, 0.3) is 0 Å². The molecule has 8 aliphatic rings. The molecule has 17 nitrogen and oxygen atoms in total. The largest absolute Gasteiger partial charge is 0.479 e. The number of aliphatic hydroxyl groups is 6. The van der Waals surface area contributed by atoms with E-state index in [9.17, 15) is 54.9 Å². The Morgan fingerprint density at radius 1 is 0.783 bits per heavy atom. The average Bonchev–Trinajstić information content (AvgIpc) is 3.46. The minimum Gasteiger partial charge on any atom is -0.479 e. The highest BCUT2D eigenvalue weighted by Crippen LogP contribution is 2.76. The van der Waals surface area contributed by atoms with Gasteiger partial charge >= 0.3 is 17.9 Å². The second-order valence-corrected chi connectivity index (χ2v) is 20.8. The minimum absolute atomic E-state index is 0.0134. The van der Waals surface area contributed by atoms with Crippen molar-refractivity contribution in [1.29, 1.82) is 0 Å². The molecule has 0 spiro atoms. The SMILES string of the molecule is COC(=O)[C@H]1O[C@@H](O[C@H]2[C@H](O[C@H]3CC[C@@]4(C)[C@H](CC[C@]5(C)[C@@H]4C(=O)C=C4[C@@H]6C[C@]7(C)C[C@@H](OC7=O)[C@]6(C)CC[C@]45C)[C@@]3(C)CO)O[C@H](C(=O)O)[C@@H](O)[C@@H]2O)[C@H](O)[C@@H](O)[C@@H]1O. The van der Waals surface area contributed by atoms with E-state index in [0.29, 0.717) is 32.1 Å². The van der Waals surface area contributed by atoms with Crippen molar-refractivity contribution in [2.75, 3.05) is 13.7 Å². The molecule has 2 bridgehead atoms. The van der Waals surface area contributed by atoms with Crippen LogP contribution in [-0.4, -0.2) is 147 Å². The topological polar surface area (TPSA) is 265 Å². The van der Waals surface area contributed by atoms with Crippen LogP contribution < -0.4 is 0 Å². The maximum atomic E-state index is 14.9. The predicted octanol–water partition coefficient (Wildman–Crippen LogP) is 0.757. The lowest BCUT2D eigenvalue weighted by molar-refractivity contribution is -0.372. The molecule has 7 N–H and O–H groups in total. The van der Waals surface area contributed by atoms with Crippen LogP contribution in [-0.2, 0) is 47.6 Å². The Morgan fingerprint density at radius 3 is 2.10 bits per heavy atom. The van der Waals surface area contributed by atoms with Crippen molar-refractivity contribution in [3.05, 3.63) is 11.6 Å². The zero-order valence-electron chi connectivity index (χ0n) is 35.3. The standard InChI is InChI=1S/C43H62O17/c1-38-15-19-18-14-20(45)32-40(3)10-9-22(41(4,17-44)21(40)8-11-43(32,6)42(18,5)13-12-39(19,2)23(16-38)57-37(38)54)56-36-31(27(49)26(48)29(58-36)33(51)52)60-35-28(50)24(46)25(47)30(59-35)34(53)55-7/h14,19,21-32,35-36,44,46-50H,8-13,15-17H2,1-7H3,(H,51,52)/t19-,21-,22-,23+,24-,25-,26-,27-,28+,29-,30-,31+,32+,35-,36+,38+,39+,40-,41+,42+,43+/m0/s1. The molecule has 8 rings (SSSR count). The number of carboxylic acids is 1. The van der Waals surface area contributed by atoms with E-state index in [0.717, 1.165) is 25.5 Å². The van der Waals surface area contributed by atoms with Crippen molar-refractivity contribution in [2.24, 2.45) is 50.2 Å². The minimum atomic E-state index is -2.07. The van der Waals surface area contributed by atoms with Crippen LogP contribution in [0.2, 0.25) is 0 Å². The van der Waals surface area contributed by atoms with Gasteiger partial charge in [0.1, 0.15) is 42.7 Å². The van der Waals surface area contributed by atoms with Crippen LogP contribution in [0.5, 0.6) is 0 Å². The number of rotatable bonds is 7. The monoisotopic (exact) mass is 850 g/mol. The van der Waals surface area contributed by atoms with Gasteiger partial charge in [-0.25, -0.2) is 9.59 Å². The molecule has 0 aromatic heterocycles. The molecule has 3 heterocycles. The number of ketones is 1. The van der Waals surface area contributed by atoms with Gasteiger partial charge in [0.2, 0.25) is 0 Å². The first-order valence-electron chi connectivity index (χ1n) is 21.4. The molecule has 336 valence electrons. The first-order chi connectivity index (χ1) is 28.0. The van der Waals surface area contributed by atoms with Crippen LogP contribution in [0.1, 0.15) is 92.9 Å². The third kappa shape index (κ3) is 5.93. The Morgan fingerprint density at radius 2 is 1.45 bits per heavy atom. The third-order valence-corrected chi connectivity index (χ3v) is 17.8. The first-order valence-corrected chi connectivity index (χ1v) is 21.4. The molecule has 4 saturated carbocycles. The second-order valence-electron chi connectivity index (χ2n) is 20.8. The number of ether oxygens (including phenoxy) is 6. The fourth-order valence-electron chi connectivity index (χ4n) is 14.0. The summed E-state index contributed by atoms with van der Waals surface area (Å²) >= 11 is 0. The van der Waals surface area contributed by atoms with E-state index in [1.165, 1.54) is 0 Å². The molecule has 0 unspecified atom stereocenters. The molecule has 0 radical (unpaired) electrons. The van der Waals surface area contributed by atoms with E-state index in [1.807, 2.05) is 19.9 Å². The highest BCUT2D eigenvalue weighted by Gasteiger charge is 2.73.